The summed E-state index contributed by atoms with van der Waals surface area (Å²) in [5.41, 5.74) is 4.79. The van der Waals surface area contributed by atoms with Gasteiger partial charge in [-0.25, -0.2) is 0 Å². The van der Waals surface area contributed by atoms with Gasteiger partial charge in [0, 0.05) is 24.8 Å². The van der Waals surface area contributed by atoms with Crippen molar-refractivity contribution in [3.8, 4) is 0 Å². The van der Waals surface area contributed by atoms with Gasteiger partial charge in [0.2, 0.25) is 0 Å². The summed E-state index contributed by atoms with van der Waals surface area (Å²) in [6.07, 6.45) is 2.50. The Hall–Kier alpha value is -2.69. The Kier molecular flexibility index (Phi) is 4.23. The van der Waals surface area contributed by atoms with Gasteiger partial charge in [0.1, 0.15) is 0 Å². The molecule has 5 heteroatoms. The van der Waals surface area contributed by atoms with Crippen LogP contribution in [0.4, 0.5) is 11.4 Å². The minimum absolute atomic E-state index is 0.0683. The lowest BCUT2D eigenvalue weighted by Gasteiger charge is -1.99. The Morgan fingerprint density at radius 1 is 1.11 bits per heavy atom. The highest BCUT2D eigenvalue weighted by atomic mass is 16.6. The second-order valence-electron chi connectivity index (χ2n) is 3.92. The van der Waals surface area contributed by atoms with E-state index in [0.717, 1.165) is 12.1 Å². The van der Waals surface area contributed by atoms with Crippen molar-refractivity contribution < 1.29 is 4.92 Å². The van der Waals surface area contributed by atoms with Gasteiger partial charge < -0.3 is 0 Å². The molecule has 0 aliphatic carbocycles. The molecular weight excluding hydrogens is 242 g/mol. The molecule has 0 heterocycles. The fraction of sp³-hybridized carbons (Fsp3) is 0.0714. The normalized spacial score (nSPS) is 10.5. The molecule has 0 fully saturated rings. The van der Waals surface area contributed by atoms with Crippen LogP contribution in [0.3, 0.4) is 0 Å². The number of benzene rings is 2. The second kappa shape index (κ2) is 6.30. The minimum atomic E-state index is -0.428. The molecule has 0 amide bonds. The third kappa shape index (κ3) is 3.92. The Morgan fingerprint density at radius 3 is 2.42 bits per heavy atom. The number of nitrogens with zero attached hydrogens (tertiary/aromatic N) is 2. The molecule has 0 aliphatic rings. The largest absolute Gasteiger partial charge is 0.279 e. The van der Waals surface area contributed by atoms with Crippen LogP contribution in [0.1, 0.15) is 5.56 Å². The molecule has 2 aromatic carbocycles. The first-order valence-electron chi connectivity index (χ1n) is 5.81. The Balaban J connectivity index is 1.86. The number of hydrogen-bond donors (Lipinski definition) is 1. The van der Waals surface area contributed by atoms with Gasteiger partial charge in [0.05, 0.1) is 10.6 Å². The van der Waals surface area contributed by atoms with Crippen molar-refractivity contribution in [2.75, 3.05) is 5.43 Å². The highest BCUT2D eigenvalue weighted by molar-refractivity contribution is 5.63. The Morgan fingerprint density at radius 2 is 1.79 bits per heavy atom. The van der Waals surface area contributed by atoms with E-state index >= 15 is 0 Å². The first-order chi connectivity index (χ1) is 9.25. The first kappa shape index (κ1) is 12.8. The fourth-order valence-corrected chi connectivity index (χ4v) is 1.54. The van der Waals surface area contributed by atoms with Crippen molar-refractivity contribution in [3.63, 3.8) is 0 Å². The topological polar surface area (TPSA) is 67.5 Å². The maximum atomic E-state index is 10.5. The van der Waals surface area contributed by atoms with Crippen LogP contribution >= 0.6 is 0 Å². The van der Waals surface area contributed by atoms with Gasteiger partial charge in [-0.05, 0) is 17.7 Å². The fourth-order valence-electron chi connectivity index (χ4n) is 1.54. The molecule has 0 bridgehead atoms. The molecule has 0 spiro atoms. The van der Waals surface area contributed by atoms with Crippen LogP contribution in [0.25, 0.3) is 0 Å². The summed E-state index contributed by atoms with van der Waals surface area (Å²) in [4.78, 5) is 10.1. The van der Waals surface area contributed by atoms with Crippen LogP contribution in [-0.2, 0) is 6.42 Å². The molecule has 0 radical (unpaired) electrons. The summed E-state index contributed by atoms with van der Waals surface area (Å²) >= 11 is 0. The van der Waals surface area contributed by atoms with E-state index in [1.54, 1.807) is 18.3 Å². The van der Waals surface area contributed by atoms with Crippen molar-refractivity contribution in [1.29, 1.82) is 0 Å². The summed E-state index contributed by atoms with van der Waals surface area (Å²) in [6, 6.07) is 16.1. The molecule has 1 N–H and O–H groups in total. The molecule has 0 saturated carbocycles. The molecule has 0 aromatic heterocycles. The summed E-state index contributed by atoms with van der Waals surface area (Å²) in [5, 5.41) is 14.6. The summed E-state index contributed by atoms with van der Waals surface area (Å²) < 4.78 is 0. The zero-order valence-corrected chi connectivity index (χ0v) is 10.2. The van der Waals surface area contributed by atoms with Crippen LogP contribution in [0.5, 0.6) is 0 Å². The number of rotatable bonds is 5. The van der Waals surface area contributed by atoms with Gasteiger partial charge in [0.15, 0.2) is 0 Å². The first-order valence-corrected chi connectivity index (χ1v) is 5.81. The quantitative estimate of drug-likeness (QED) is 0.506. The van der Waals surface area contributed by atoms with Crippen molar-refractivity contribution in [2.45, 2.75) is 6.42 Å². The average Bonchev–Trinajstić information content (AvgIpc) is 2.45. The smallest absolute Gasteiger partial charge is 0.269 e. The molecule has 2 rings (SSSR count). The summed E-state index contributed by atoms with van der Waals surface area (Å²) in [6.45, 7) is 0. The maximum Gasteiger partial charge on any atom is 0.269 e. The van der Waals surface area contributed by atoms with E-state index in [9.17, 15) is 10.1 Å². The van der Waals surface area contributed by atoms with Gasteiger partial charge in [-0.3, -0.25) is 15.5 Å². The number of nitro groups is 1. The van der Waals surface area contributed by atoms with E-state index in [0.29, 0.717) is 0 Å². The molecule has 19 heavy (non-hydrogen) atoms. The maximum absolute atomic E-state index is 10.5. The zero-order valence-electron chi connectivity index (χ0n) is 10.2. The minimum Gasteiger partial charge on any atom is -0.279 e. The van der Waals surface area contributed by atoms with E-state index in [1.165, 1.54) is 17.7 Å². The molecule has 5 nitrogen and oxygen atoms in total. The van der Waals surface area contributed by atoms with E-state index in [-0.39, 0.29) is 5.69 Å². The number of anilines is 1. The molecule has 96 valence electrons. The number of hydrogen-bond acceptors (Lipinski definition) is 4. The molecule has 0 saturated heterocycles. The van der Waals surface area contributed by atoms with Crippen molar-refractivity contribution >= 4 is 17.6 Å². The Labute approximate surface area is 110 Å². The van der Waals surface area contributed by atoms with Crippen LogP contribution in [0.2, 0.25) is 0 Å². The lowest BCUT2D eigenvalue weighted by molar-refractivity contribution is -0.384. The zero-order chi connectivity index (χ0) is 13.5. The number of non-ortho nitro benzene ring substituents is 1. The average molecular weight is 255 g/mol. The van der Waals surface area contributed by atoms with Crippen LogP contribution in [0, 0.1) is 10.1 Å². The monoisotopic (exact) mass is 255 g/mol. The number of nitrogens with one attached hydrogen (secondary N) is 1. The third-order valence-corrected chi connectivity index (χ3v) is 2.53. The van der Waals surface area contributed by atoms with E-state index < -0.39 is 4.92 Å². The Bertz CT molecular complexity index is 565. The van der Waals surface area contributed by atoms with Gasteiger partial charge >= 0.3 is 0 Å². The SMILES string of the molecule is O=[N+]([O-])c1ccc(NN=CCc2ccccc2)cc1. The molecular formula is C14H13N3O2. The van der Waals surface area contributed by atoms with E-state index in [4.69, 9.17) is 0 Å². The second-order valence-corrected chi connectivity index (χ2v) is 3.92. The highest BCUT2D eigenvalue weighted by Gasteiger charge is 2.02. The summed E-state index contributed by atoms with van der Waals surface area (Å²) in [5.74, 6) is 0. The molecule has 2 aromatic rings. The molecule has 0 atom stereocenters. The lowest BCUT2D eigenvalue weighted by Crippen LogP contribution is -1.93. The van der Waals surface area contributed by atoms with Crippen LogP contribution in [-0.4, -0.2) is 11.1 Å². The highest BCUT2D eigenvalue weighted by Crippen LogP contribution is 2.15. The molecule has 0 unspecified atom stereocenters. The van der Waals surface area contributed by atoms with Gasteiger partial charge in [-0.2, -0.15) is 5.10 Å². The predicted octanol–water partition coefficient (Wildman–Crippen LogP) is 3.24. The van der Waals surface area contributed by atoms with Crippen LogP contribution < -0.4 is 5.43 Å². The van der Waals surface area contributed by atoms with E-state index in [2.05, 4.69) is 10.5 Å². The van der Waals surface area contributed by atoms with Gasteiger partial charge in [-0.15, -0.1) is 0 Å². The third-order valence-electron chi connectivity index (χ3n) is 2.53. The van der Waals surface area contributed by atoms with Crippen LogP contribution in [0.15, 0.2) is 59.7 Å². The number of nitro benzene ring substituents is 1. The number of hydrazone groups is 1. The van der Waals surface area contributed by atoms with Crippen molar-refractivity contribution in [2.24, 2.45) is 5.10 Å². The van der Waals surface area contributed by atoms with E-state index in [1.807, 2.05) is 30.3 Å². The molecule has 0 aliphatic heterocycles. The predicted molar refractivity (Wildman–Crippen MR) is 75.4 cm³/mol. The lowest BCUT2D eigenvalue weighted by atomic mass is 10.2. The van der Waals surface area contributed by atoms with Crippen molar-refractivity contribution in [1.82, 2.24) is 0 Å². The standard InChI is InChI=1S/C14H13N3O2/c18-17(19)14-8-6-13(7-9-14)16-15-11-10-12-4-2-1-3-5-12/h1-9,11,16H,10H2. The van der Waals surface area contributed by atoms with Gasteiger partial charge in [0.25, 0.3) is 5.69 Å². The van der Waals surface area contributed by atoms with Gasteiger partial charge in [-0.1, -0.05) is 30.3 Å². The summed E-state index contributed by atoms with van der Waals surface area (Å²) in [7, 11) is 0. The van der Waals surface area contributed by atoms with Crippen molar-refractivity contribution in [3.05, 3.63) is 70.3 Å².